The summed E-state index contributed by atoms with van der Waals surface area (Å²) in [7, 11) is -1.10. The van der Waals surface area contributed by atoms with Gasteiger partial charge < -0.3 is 14.8 Å². The number of carbonyl (C=O) groups is 1. The third kappa shape index (κ3) is 5.73. The van der Waals surface area contributed by atoms with Crippen LogP contribution < -0.4 is 19.1 Å². The number of methoxy groups -OCH3 is 2. The van der Waals surface area contributed by atoms with E-state index in [9.17, 15) is 13.2 Å². The standard InChI is InChI=1S/C24H32N2O5S/c1-18-10-15-22(31-3)23(16-18)32(28,29)26(20-11-13-21(30-2)14-12-20)17-24(27)25-19-8-6-4-5-7-9-19/h10-16,19H,4-9,17H2,1-3H3,(H,25,27). The van der Waals surface area contributed by atoms with Crippen molar-refractivity contribution in [3.63, 3.8) is 0 Å². The highest BCUT2D eigenvalue weighted by atomic mass is 32.2. The van der Waals surface area contributed by atoms with Crippen LogP contribution in [-0.4, -0.2) is 41.1 Å². The lowest BCUT2D eigenvalue weighted by molar-refractivity contribution is -0.120. The molecule has 1 saturated carbocycles. The van der Waals surface area contributed by atoms with Gasteiger partial charge in [-0.1, -0.05) is 31.7 Å². The molecule has 0 heterocycles. The molecule has 1 fully saturated rings. The Hall–Kier alpha value is -2.74. The highest BCUT2D eigenvalue weighted by Crippen LogP contribution is 2.31. The summed E-state index contributed by atoms with van der Waals surface area (Å²) < 4.78 is 39.1. The van der Waals surface area contributed by atoms with Gasteiger partial charge in [0.2, 0.25) is 5.91 Å². The number of hydrogen-bond acceptors (Lipinski definition) is 5. The fourth-order valence-corrected chi connectivity index (χ4v) is 5.66. The third-order valence-corrected chi connectivity index (χ3v) is 7.55. The van der Waals surface area contributed by atoms with Gasteiger partial charge in [0.05, 0.1) is 19.9 Å². The molecule has 1 N–H and O–H groups in total. The van der Waals surface area contributed by atoms with E-state index < -0.39 is 10.0 Å². The molecule has 7 nitrogen and oxygen atoms in total. The highest BCUT2D eigenvalue weighted by molar-refractivity contribution is 7.93. The summed E-state index contributed by atoms with van der Waals surface area (Å²) in [5.74, 6) is 0.517. The number of anilines is 1. The molecule has 0 spiro atoms. The molecular weight excluding hydrogens is 428 g/mol. The molecule has 32 heavy (non-hydrogen) atoms. The van der Waals surface area contributed by atoms with Crippen LogP contribution in [-0.2, 0) is 14.8 Å². The lowest BCUT2D eigenvalue weighted by Crippen LogP contribution is -2.44. The van der Waals surface area contributed by atoms with Crippen molar-refractivity contribution in [2.24, 2.45) is 0 Å². The van der Waals surface area contributed by atoms with Crippen LogP contribution >= 0.6 is 0 Å². The summed E-state index contributed by atoms with van der Waals surface area (Å²) in [4.78, 5) is 13.0. The van der Waals surface area contributed by atoms with E-state index in [0.717, 1.165) is 35.6 Å². The van der Waals surface area contributed by atoms with E-state index in [0.29, 0.717) is 11.4 Å². The zero-order valence-electron chi connectivity index (χ0n) is 19.0. The van der Waals surface area contributed by atoms with Gasteiger partial charge in [-0.25, -0.2) is 8.42 Å². The smallest absolute Gasteiger partial charge is 0.268 e. The van der Waals surface area contributed by atoms with Gasteiger partial charge in [-0.15, -0.1) is 0 Å². The van der Waals surface area contributed by atoms with E-state index in [1.807, 2.05) is 6.92 Å². The second-order valence-corrected chi connectivity index (χ2v) is 9.95. The average molecular weight is 461 g/mol. The minimum atomic E-state index is -4.08. The summed E-state index contributed by atoms with van der Waals surface area (Å²) in [6.07, 6.45) is 6.34. The SMILES string of the molecule is COc1ccc(N(CC(=O)NC2CCCCCC2)S(=O)(=O)c2cc(C)ccc2OC)cc1. The van der Waals surface area contributed by atoms with Crippen molar-refractivity contribution in [1.29, 1.82) is 0 Å². The predicted octanol–water partition coefficient (Wildman–Crippen LogP) is 4.05. The molecule has 0 aromatic heterocycles. The topological polar surface area (TPSA) is 84.9 Å². The maximum absolute atomic E-state index is 13.7. The number of benzene rings is 2. The number of rotatable bonds is 8. The Morgan fingerprint density at radius 1 is 1.00 bits per heavy atom. The van der Waals surface area contributed by atoms with Crippen molar-refractivity contribution in [2.75, 3.05) is 25.1 Å². The molecule has 3 rings (SSSR count). The Bertz CT molecular complexity index is 1010. The second kappa shape index (κ2) is 10.7. The van der Waals surface area contributed by atoms with Gasteiger partial charge in [-0.3, -0.25) is 9.10 Å². The summed E-state index contributed by atoms with van der Waals surface area (Å²) >= 11 is 0. The quantitative estimate of drug-likeness (QED) is 0.601. The van der Waals surface area contributed by atoms with Crippen LogP contribution in [0.1, 0.15) is 44.1 Å². The molecular formula is C24H32N2O5S. The van der Waals surface area contributed by atoms with Gasteiger partial charge in [0.1, 0.15) is 22.9 Å². The average Bonchev–Trinajstić information content (AvgIpc) is 3.06. The third-order valence-electron chi connectivity index (χ3n) is 5.76. The Morgan fingerprint density at radius 2 is 1.66 bits per heavy atom. The summed E-state index contributed by atoms with van der Waals surface area (Å²) in [5, 5.41) is 3.04. The van der Waals surface area contributed by atoms with Gasteiger partial charge in [-0.05, 0) is 61.7 Å². The molecule has 0 aliphatic heterocycles. The lowest BCUT2D eigenvalue weighted by atomic mass is 10.1. The van der Waals surface area contributed by atoms with Gasteiger partial charge >= 0.3 is 0 Å². The minimum Gasteiger partial charge on any atom is -0.497 e. The van der Waals surface area contributed by atoms with E-state index in [-0.39, 0.29) is 29.1 Å². The number of ether oxygens (including phenoxy) is 2. The first-order valence-corrected chi connectivity index (χ1v) is 12.4. The number of nitrogens with zero attached hydrogens (tertiary/aromatic N) is 1. The fourth-order valence-electron chi connectivity index (χ4n) is 4.00. The lowest BCUT2D eigenvalue weighted by Gasteiger charge is -2.26. The van der Waals surface area contributed by atoms with Crippen LogP contribution in [0.4, 0.5) is 5.69 Å². The van der Waals surface area contributed by atoms with E-state index in [4.69, 9.17) is 9.47 Å². The first-order valence-electron chi connectivity index (χ1n) is 11.0. The molecule has 2 aromatic carbocycles. The number of amides is 1. The van der Waals surface area contributed by atoms with E-state index >= 15 is 0 Å². The zero-order chi connectivity index (χ0) is 23.1. The van der Waals surface area contributed by atoms with Crippen molar-refractivity contribution in [2.45, 2.75) is 56.4 Å². The first-order chi connectivity index (χ1) is 15.3. The van der Waals surface area contributed by atoms with Gasteiger partial charge in [0.25, 0.3) is 10.0 Å². The number of nitrogens with one attached hydrogen (secondary N) is 1. The molecule has 8 heteroatoms. The minimum absolute atomic E-state index is 0.0260. The summed E-state index contributed by atoms with van der Waals surface area (Å²) in [6, 6.07) is 11.7. The molecule has 1 aliphatic rings. The van der Waals surface area contributed by atoms with Crippen molar-refractivity contribution in [3.05, 3.63) is 48.0 Å². The molecule has 0 atom stereocenters. The molecule has 2 aromatic rings. The fraction of sp³-hybridized carbons (Fsp3) is 0.458. The predicted molar refractivity (Wildman–Crippen MR) is 125 cm³/mol. The van der Waals surface area contributed by atoms with Crippen LogP contribution in [0.5, 0.6) is 11.5 Å². The van der Waals surface area contributed by atoms with E-state index in [1.165, 1.54) is 20.0 Å². The van der Waals surface area contributed by atoms with Crippen molar-refractivity contribution in [3.8, 4) is 11.5 Å². The van der Waals surface area contributed by atoms with Crippen molar-refractivity contribution >= 4 is 21.6 Å². The van der Waals surface area contributed by atoms with Gasteiger partial charge in [0, 0.05) is 6.04 Å². The maximum atomic E-state index is 13.7. The number of sulfonamides is 1. The Morgan fingerprint density at radius 3 is 2.25 bits per heavy atom. The second-order valence-electron chi connectivity index (χ2n) is 8.12. The molecule has 0 saturated heterocycles. The van der Waals surface area contributed by atoms with Crippen LogP contribution in [0.25, 0.3) is 0 Å². The van der Waals surface area contributed by atoms with Crippen LogP contribution in [0.2, 0.25) is 0 Å². The van der Waals surface area contributed by atoms with Gasteiger partial charge in [-0.2, -0.15) is 0 Å². The Labute approximate surface area is 190 Å². The highest BCUT2D eigenvalue weighted by Gasteiger charge is 2.31. The van der Waals surface area contributed by atoms with Crippen LogP contribution in [0, 0.1) is 6.92 Å². The molecule has 0 unspecified atom stereocenters. The molecule has 174 valence electrons. The Kier molecular flexibility index (Phi) is 8.01. The Balaban J connectivity index is 1.94. The van der Waals surface area contributed by atoms with E-state index in [2.05, 4.69) is 5.32 Å². The van der Waals surface area contributed by atoms with Crippen molar-refractivity contribution < 1.29 is 22.7 Å². The van der Waals surface area contributed by atoms with Gasteiger partial charge in [0.15, 0.2) is 0 Å². The monoisotopic (exact) mass is 460 g/mol. The van der Waals surface area contributed by atoms with Crippen LogP contribution in [0.3, 0.4) is 0 Å². The largest absolute Gasteiger partial charge is 0.497 e. The van der Waals surface area contributed by atoms with Crippen molar-refractivity contribution in [1.82, 2.24) is 5.32 Å². The summed E-state index contributed by atoms with van der Waals surface area (Å²) in [6.45, 7) is 1.50. The number of aryl methyl sites for hydroxylation is 1. The number of hydrogen-bond donors (Lipinski definition) is 1. The molecule has 1 amide bonds. The van der Waals surface area contributed by atoms with E-state index in [1.54, 1.807) is 49.6 Å². The first kappa shape index (κ1) is 23.9. The molecule has 0 radical (unpaired) electrons. The molecule has 0 bridgehead atoms. The summed E-state index contributed by atoms with van der Waals surface area (Å²) in [5.41, 5.74) is 1.16. The maximum Gasteiger partial charge on any atom is 0.268 e. The number of carbonyl (C=O) groups excluding carboxylic acids is 1. The van der Waals surface area contributed by atoms with Crippen LogP contribution in [0.15, 0.2) is 47.4 Å². The zero-order valence-corrected chi connectivity index (χ0v) is 19.8. The normalized spacial score (nSPS) is 15.0. The molecule has 1 aliphatic carbocycles.